The van der Waals surface area contributed by atoms with Gasteiger partial charge in [0.2, 0.25) is 0 Å². The van der Waals surface area contributed by atoms with E-state index in [-0.39, 0.29) is 6.54 Å². The molecule has 4 atom stereocenters. The summed E-state index contributed by atoms with van der Waals surface area (Å²) < 4.78 is 4.20. The highest BCUT2D eigenvalue weighted by atomic mass is 16.5. The molecule has 1 radical (unpaired) electrons. The molecule has 12 nitrogen and oxygen atoms in total. The molecule has 27 heavy (non-hydrogen) atoms. The number of esters is 1. The fraction of sp³-hybridized carbons (Fsp3) is 0.867. The number of carbonyl (C=O) groups excluding carboxylic acids is 2. The van der Waals surface area contributed by atoms with Crippen LogP contribution in [0.25, 0.3) is 0 Å². The van der Waals surface area contributed by atoms with Crippen LogP contribution in [0.3, 0.4) is 0 Å². The number of aliphatic hydroxyl groups is 4. The van der Waals surface area contributed by atoms with E-state index in [1.807, 2.05) is 0 Å². The third kappa shape index (κ3) is 11.1. The van der Waals surface area contributed by atoms with Gasteiger partial charge >= 0.3 is 5.97 Å². The van der Waals surface area contributed by atoms with E-state index in [0.717, 1.165) is 26.7 Å². The molecule has 0 aromatic rings. The second-order valence-corrected chi connectivity index (χ2v) is 5.69. The lowest BCUT2D eigenvalue weighted by molar-refractivity contribution is -0.169. The molecule has 0 aliphatic rings. The second-order valence-electron chi connectivity index (χ2n) is 5.69. The van der Waals surface area contributed by atoms with Crippen LogP contribution in [-0.2, 0) is 14.3 Å². The molecule has 0 rings (SSSR count). The zero-order valence-electron chi connectivity index (χ0n) is 15.5. The topological polar surface area (TPSA) is 196 Å². The van der Waals surface area contributed by atoms with Crippen molar-refractivity contribution in [2.75, 3.05) is 59.5 Å². The zero-order valence-corrected chi connectivity index (χ0v) is 15.5. The summed E-state index contributed by atoms with van der Waals surface area (Å²) in [6.45, 7) is 4.54. The Labute approximate surface area is 158 Å². The maximum Gasteiger partial charge on any atom is 0.337 e. The highest BCUT2D eigenvalue weighted by Gasteiger charge is 2.37. The van der Waals surface area contributed by atoms with E-state index in [0.29, 0.717) is 26.2 Å². The van der Waals surface area contributed by atoms with Crippen LogP contribution in [0, 0.1) is 0 Å². The average molecular weight is 394 g/mol. The van der Waals surface area contributed by atoms with Crippen LogP contribution >= 0.6 is 0 Å². The molecule has 0 saturated carbocycles. The minimum Gasteiger partial charge on any atom is -0.467 e. The van der Waals surface area contributed by atoms with E-state index in [9.17, 15) is 30.0 Å². The van der Waals surface area contributed by atoms with Crippen LogP contribution in [-0.4, -0.2) is 116 Å². The maximum atomic E-state index is 11.7. The molecule has 0 aromatic carbocycles. The highest BCUT2D eigenvalue weighted by Crippen LogP contribution is 2.06. The first-order valence-corrected chi connectivity index (χ1v) is 8.71. The summed E-state index contributed by atoms with van der Waals surface area (Å²) in [4.78, 5) is 22.8. The molecule has 0 fully saturated rings. The molecule has 9 N–H and O–H groups in total. The first-order valence-electron chi connectivity index (χ1n) is 8.71. The first kappa shape index (κ1) is 25.6. The Morgan fingerprint density at radius 1 is 0.815 bits per heavy atom. The van der Waals surface area contributed by atoms with Crippen LogP contribution in [0.4, 0.5) is 0 Å². The maximum absolute atomic E-state index is 11.7. The molecular weight excluding hydrogens is 362 g/mol. The van der Waals surface area contributed by atoms with Crippen molar-refractivity contribution in [1.29, 1.82) is 0 Å². The lowest BCUT2D eigenvalue weighted by atomic mass is 10.0. The summed E-state index contributed by atoms with van der Waals surface area (Å²) >= 11 is 0. The quantitative estimate of drug-likeness (QED) is 0.0925. The summed E-state index contributed by atoms with van der Waals surface area (Å²) in [5.74, 6) is -2.14. The number of carbonyl (C=O) groups is 2. The molecule has 0 bridgehead atoms. The largest absolute Gasteiger partial charge is 0.467 e. The number of nitrogens with one attached hydrogen (secondary N) is 5. The number of amides is 1. The molecule has 0 aliphatic carbocycles. The van der Waals surface area contributed by atoms with Crippen molar-refractivity contribution in [1.82, 2.24) is 27.0 Å². The predicted octanol–water partition coefficient (Wildman–Crippen LogP) is -5.23. The van der Waals surface area contributed by atoms with Crippen LogP contribution in [0.1, 0.15) is 0 Å². The molecule has 159 valence electrons. The Balaban J connectivity index is 3.84. The fourth-order valence-electron chi connectivity index (χ4n) is 1.98. The van der Waals surface area contributed by atoms with Gasteiger partial charge in [0.25, 0.3) is 5.91 Å². The van der Waals surface area contributed by atoms with E-state index >= 15 is 0 Å². The Morgan fingerprint density at radius 2 is 1.26 bits per heavy atom. The minimum atomic E-state index is -2.08. The summed E-state index contributed by atoms with van der Waals surface area (Å²) in [5, 5.41) is 50.0. The van der Waals surface area contributed by atoms with E-state index in [2.05, 4.69) is 26.0 Å². The lowest BCUT2D eigenvalue weighted by Crippen LogP contribution is -2.53. The Hall–Kier alpha value is -1.38. The van der Waals surface area contributed by atoms with Crippen LogP contribution < -0.4 is 27.0 Å². The molecule has 12 heteroatoms. The Morgan fingerprint density at radius 3 is 1.74 bits per heavy atom. The summed E-state index contributed by atoms with van der Waals surface area (Å²) in [5.41, 5.74) is 6.96. The number of methoxy groups -OCH3 is 1. The zero-order chi connectivity index (χ0) is 20.7. The normalized spacial score (nSPS) is 15.6. The van der Waals surface area contributed by atoms with Gasteiger partial charge in [-0.2, -0.15) is 0 Å². The van der Waals surface area contributed by atoms with Gasteiger partial charge in [0, 0.05) is 52.4 Å². The van der Waals surface area contributed by atoms with Gasteiger partial charge in [-0.1, -0.05) is 0 Å². The summed E-state index contributed by atoms with van der Waals surface area (Å²) in [6.07, 6.45) is -8.22. The van der Waals surface area contributed by atoms with Crippen molar-refractivity contribution < 1.29 is 34.8 Å². The number of rotatable bonds is 16. The van der Waals surface area contributed by atoms with Crippen LogP contribution in [0.15, 0.2) is 0 Å². The van der Waals surface area contributed by atoms with Crippen molar-refractivity contribution >= 4 is 11.9 Å². The fourth-order valence-corrected chi connectivity index (χ4v) is 1.98. The Kier molecular flexibility index (Phi) is 14.9. The van der Waals surface area contributed by atoms with Gasteiger partial charge in [-0.15, -0.1) is 0 Å². The van der Waals surface area contributed by atoms with Gasteiger partial charge in [-0.05, 0) is 0 Å². The van der Waals surface area contributed by atoms with Crippen LogP contribution in [0.2, 0.25) is 0 Å². The van der Waals surface area contributed by atoms with Crippen molar-refractivity contribution in [2.45, 2.75) is 24.4 Å². The van der Waals surface area contributed by atoms with Gasteiger partial charge in [0.1, 0.15) is 12.2 Å². The lowest BCUT2D eigenvalue weighted by Gasteiger charge is -2.24. The van der Waals surface area contributed by atoms with Gasteiger partial charge in [-0.3, -0.25) is 10.5 Å². The van der Waals surface area contributed by atoms with E-state index < -0.39 is 36.3 Å². The monoisotopic (exact) mass is 394 g/mol. The number of hydrogen-bond donors (Lipinski definition) is 8. The molecule has 1 amide bonds. The van der Waals surface area contributed by atoms with Gasteiger partial charge in [0.05, 0.1) is 7.11 Å². The smallest absolute Gasteiger partial charge is 0.337 e. The van der Waals surface area contributed by atoms with E-state index in [1.54, 1.807) is 0 Å². The van der Waals surface area contributed by atoms with Crippen molar-refractivity contribution in [3.05, 3.63) is 0 Å². The minimum absolute atomic E-state index is 0.170. The molecule has 0 saturated heterocycles. The molecule has 0 aliphatic heterocycles. The van der Waals surface area contributed by atoms with Gasteiger partial charge in [-0.25, -0.2) is 4.79 Å². The molecule has 0 unspecified atom stereocenters. The summed E-state index contributed by atoms with van der Waals surface area (Å²) in [7, 11) is 0.979. The molecule has 0 aromatic heterocycles. The molecular formula is C15H32N5O7. The van der Waals surface area contributed by atoms with Gasteiger partial charge < -0.3 is 46.4 Å². The van der Waals surface area contributed by atoms with E-state index in [1.165, 1.54) is 0 Å². The number of hydrogen-bond acceptors (Lipinski definition) is 10. The first-order chi connectivity index (χ1) is 12.9. The van der Waals surface area contributed by atoms with Crippen molar-refractivity contribution in [3.8, 4) is 0 Å². The SMILES string of the molecule is COC(=O)[C@@H](O)[C@@H](O)[C@H](O)[C@@H](O)C(=O)NCCNCCNCCNCC[NH]. The van der Waals surface area contributed by atoms with Crippen molar-refractivity contribution in [3.63, 3.8) is 0 Å². The average Bonchev–Trinajstić information content (AvgIpc) is 2.68. The third-order valence-electron chi connectivity index (χ3n) is 3.57. The molecule has 0 heterocycles. The standard InChI is InChI=1S/C15H32N5O7/c1-27-15(26)13(24)11(22)10(21)12(23)14(25)20-9-8-19-7-6-18-5-4-17-3-2-16/h10-13,16-19,21-24H,2-9H2,1H3,(H,20,25)/t10-,11-,12+,13-/m0/s1. The number of aliphatic hydroxyl groups excluding tert-OH is 4. The summed E-state index contributed by atoms with van der Waals surface area (Å²) in [6, 6.07) is 0. The Bertz CT molecular complexity index is 416. The second kappa shape index (κ2) is 15.7. The molecule has 0 spiro atoms. The van der Waals surface area contributed by atoms with Crippen LogP contribution in [0.5, 0.6) is 0 Å². The van der Waals surface area contributed by atoms with E-state index in [4.69, 9.17) is 5.73 Å². The van der Waals surface area contributed by atoms with Gasteiger partial charge in [0.15, 0.2) is 12.2 Å². The third-order valence-corrected chi connectivity index (χ3v) is 3.57. The predicted molar refractivity (Wildman–Crippen MR) is 95.6 cm³/mol. The highest BCUT2D eigenvalue weighted by molar-refractivity contribution is 5.81. The van der Waals surface area contributed by atoms with Crippen molar-refractivity contribution in [2.24, 2.45) is 0 Å². The number of ether oxygens (including phenoxy) is 1.